The Bertz CT molecular complexity index is 434. The highest BCUT2D eigenvalue weighted by Crippen LogP contribution is 2.12. The van der Waals surface area contributed by atoms with Crippen LogP contribution in [0.3, 0.4) is 0 Å². The minimum Gasteiger partial charge on any atom is -0.330 e. The lowest BCUT2D eigenvalue weighted by atomic mass is 10.5. The highest BCUT2D eigenvalue weighted by atomic mass is 32.2. The molecule has 0 saturated carbocycles. The van der Waals surface area contributed by atoms with E-state index in [9.17, 15) is 4.21 Å². The van der Waals surface area contributed by atoms with Crippen LogP contribution in [-0.2, 0) is 16.6 Å². The predicted octanol–water partition coefficient (Wildman–Crippen LogP) is 0.993. The molecule has 4 nitrogen and oxygen atoms in total. The first-order valence-electron chi connectivity index (χ1n) is 4.75. The van der Waals surface area contributed by atoms with E-state index in [-0.39, 0.29) is 0 Å². The van der Waals surface area contributed by atoms with Gasteiger partial charge < -0.3 is 5.73 Å². The molecule has 0 amide bonds. The van der Waals surface area contributed by atoms with Crippen molar-refractivity contribution in [1.29, 1.82) is 0 Å². The second-order valence-corrected chi connectivity index (χ2v) is 5.71. The molecule has 1 atom stereocenters. The van der Waals surface area contributed by atoms with Crippen molar-refractivity contribution >= 4 is 27.1 Å². The number of imidazole rings is 1. The third-order valence-electron chi connectivity index (χ3n) is 2.03. The molecule has 0 saturated heterocycles. The molecule has 0 aliphatic carbocycles. The van der Waals surface area contributed by atoms with E-state index in [0.717, 1.165) is 17.1 Å². The highest BCUT2D eigenvalue weighted by molar-refractivity contribution is 7.84. The number of thiazole rings is 1. The van der Waals surface area contributed by atoms with Gasteiger partial charge in [-0.2, -0.15) is 0 Å². The molecule has 0 aliphatic heterocycles. The van der Waals surface area contributed by atoms with Crippen molar-refractivity contribution in [2.75, 3.05) is 12.3 Å². The number of fused-ring (bicyclic) bond motifs is 1. The van der Waals surface area contributed by atoms with Gasteiger partial charge in [-0.05, 0) is 13.0 Å². The van der Waals surface area contributed by atoms with Gasteiger partial charge in [0.15, 0.2) is 4.96 Å². The smallest absolute Gasteiger partial charge is 0.193 e. The lowest BCUT2D eigenvalue weighted by Gasteiger charge is -1.97. The normalized spacial score (nSPS) is 13.4. The molecule has 0 spiro atoms. The van der Waals surface area contributed by atoms with Crippen LogP contribution in [0.5, 0.6) is 0 Å². The summed E-state index contributed by atoms with van der Waals surface area (Å²) in [7, 11) is -0.833. The quantitative estimate of drug-likeness (QED) is 0.852. The lowest BCUT2D eigenvalue weighted by Crippen LogP contribution is -2.07. The summed E-state index contributed by atoms with van der Waals surface area (Å²) >= 11 is 1.59. The van der Waals surface area contributed by atoms with Gasteiger partial charge in [0.1, 0.15) is 0 Å². The Morgan fingerprint density at radius 3 is 3.20 bits per heavy atom. The van der Waals surface area contributed by atoms with E-state index in [2.05, 4.69) is 4.98 Å². The highest BCUT2D eigenvalue weighted by Gasteiger charge is 2.06. The summed E-state index contributed by atoms with van der Waals surface area (Å²) < 4.78 is 13.5. The van der Waals surface area contributed by atoms with Crippen LogP contribution in [0.4, 0.5) is 0 Å². The summed E-state index contributed by atoms with van der Waals surface area (Å²) in [5.74, 6) is 1.20. The fourth-order valence-corrected chi connectivity index (χ4v) is 3.15. The molecule has 82 valence electrons. The summed E-state index contributed by atoms with van der Waals surface area (Å²) in [6, 6.07) is 0. The Labute approximate surface area is 94.6 Å². The van der Waals surface area contributed by atoms with Gasteiger partial charge in [0.25, 0.3) is 0 Å². The standard InChI is InChI=1S/C9H13N3OS2/c10-2-1-5-15(13)7-8-6-12-3-4-14-9(12)11-8/h3-4,6H,1-2,5,7,10H2. The molecule has 2 aromatic heterocycles. The van der Waals surface area contributed by atoms with E-state index in [1.807, 2.05) is 22.2 Å². The summed E-state index contributed by atoms with van der Waals surface area (Å²) in [4.78, 5) is 5.34. The molecule has 1 unspecified atom stereocenters. The van der Waals surface area contributed by atoms with Gasteiger partial charge in [0, 0.05) is 34.3 Å². The number of rotatable bonds is 5. The van der Waals surface area contributed by atoms with E-state index >= 15 is 0 Å². The summed E-state index contributed by atoms with van der Waals surface area (Å²) in [6.45, 7) is 0.601. The van der Waals surface area contributed by atoms with Gasteiger partial charge in [0.05, 0.1) is 11.4 Å². The zero-order chi connectivity index (χ0) is 10.7. The Hall–Kier alpha value is -0.720. The molecule has 2 aromatic rings. The molecule has 0 radical (unpaired) electrons. The Kier molecular flexibility index (Phi) is 3.50. The SMILES string of the molecule is NCCCS(=O)Cc1cn2ccsc2n1. The fourth-order valence-electron chi connectivity index (χ4n) is 1.33. The number of nitrogens with two attached hydrogens (primary N) is 1. The zero-order valence-electron chi connectivity index (χ0n) is 8.26. The van der Waals surface area contributed by atoms with E-state index in [4.69, 9.17) is 5.73 Å². The molecule has 0 bridgehead atoms. The van der Waals surface area contributed by atoms with Crippen molar-refractivity contribution < 1.29 is 4.21 Å². The van der Waals surface area contributed by atoms with Crippen LogP contribution < -0.4 is 5.73 Å². The van der Waals surface area contributed by atoms with Crippen LogP contribution in [0, 0.1) is 0 Å². The minimum atomic E-state index is -0.833. The van der Waals surface area contributed by atoms with Crippen molar-refractivity contribution in [3.05, 3.63) is 23.5 Å². The molecular formula is C9H13N3OS2. The van der Waals surface area contributed by atoms with Gasteiger partial charge in [-0.15, -0.1) is 11.3 Å². The van der Waals surface area contributed by atoms with Crippen molar-refractivity contribution in [2.24, 2.45) is 5.73 Å². The molecular weight excluding hydrogens is 230 g/mol. The average molecular weight is 243 g/mol. The van der Waals surface area contributed by atoms with Crippen LogP contribution in [-0.4, -0.2) is 25.9 Å². The van der Waals surface area contributed by atoms with Gasteiger partial charge in [0.2, 0.25) is 0 Å². The largest absolute Gasteiger partial charge is 0.330 e. The van der Waals surface area contributed by atoms with Crippen molar-refractivity contribution in [1.82, 2.24) is 9.38 Å². The molecule has 15 heavy (non-hydrogen) atoms. The number of hydrogen-bond acceptors (Lipinski definition) is 4. The van der Waals surface area contributed by atoms with Gasteiger partial charge in [-0.3, -0.25) is 8.61 Å². The third kappa shape index (κ3) is 2.64. The van der Waals surface area contributed by atoms with E-state index < -0.39 is 10.8 Å². The molecule has 0 fully saturated rings. The van der Waals surface area contributed by atoms with E-state index in [1.54, 1.807) is 11.3 Å². The third-order valence-corrected chi connectivity index (χ3v) is 4.16. The van der Waals surface area contributed by atoms with Crippen LogP contribution in [0.2, 0.25) is 0 Å². The molecule has 2 heterocycles. The first-order chi connectivity index (χ1) is 7.29. The topological polar surface area (TPSA) is 60.4 Å². The van der Waals surface area contributed by atoms with Gasteiger partial charge in [-0.1, -0.05) is 0 Å². The van der Waals surface area contributed by atoms with Gasteiger partial charge >= 0.3 is 0 Å². The minimum absolute atomic E-state index is 0.536. The summed E-state index contributed by atoms with van der Waals surface area (Å²) in [5, 5.41) is 1.98. The van der Waals surface area contributed by atoms with Crippen LogP contribution in [0.1, 0.15) is 12.1 Å². The lowest BCUT2D eigenvalue weighted by molar-refractivity contribution is 0.679. The van der Waals surface area contributed by atoms with Crippen molar-refractivity contribution in [3.63, 3.8) is 0 Å². The molecule has 0 aromatic carbocycles. The van der Waals surface area contributed by atoms with Gasteiger partial charge in [-0.25, -0.2) is 4.98 Å². The maximum absolute atomic E-state index is 11.6. The zero-order valence-corrected chi connectivity index (χ0v) is 9.89. The maximum atomic E-state index is 11.6. The predicted molar refractivity (Wildman–Crippen MR) is 63.5 cm³/mol. The molecule has 0 aliphatic rings. The molecule has 2 rings (SSSR count). The number of nitrogens with zero attached hydrogens (tertiary/aromatic N) is 2. The number of aromatic nitrogens is 2. The summed E-state index contributed by atoms with van der Waals surface area (Å²) in [6.07, 6.45) is 4.71. The van der Waals surface area contributed by atoms with Crippen LogP contribution in [0.25, 0.3) is 4.96 Å². The first-order valence-corrected chi connectivity index (χ1v) is 7.12. The second kappa shape index (κ2) is 4.87. The van der Waals surface area contributed by atoms with Crippen LogP contribution in [0.15, 0.2) is 17.8 Å². The maximum Gasteiger partial charge on any atom is 0.193 e. The summed E-state index contributed by atoms with van der Waals surface area (Å²) in [5.41, 5.74) is 6.26. The first kappa shape index (κ1) is 10.8. The van der Waals surface area contributed by atoms with Crippen molar-refractivity contribution in [3.8, 4) is 0 Å². The Morgan fingerprint density at radius 2 is 2.47 bits per heavy atom. The Balaban J connectivity index is 2.00. The fraction of sp³-hybridized carbons (Fsp3) is 0.444. The van der Waals surface area contributed by atoms with E-state index in [1.165, 1.54) is 0 Å². The average Bonchev–Trinajstić information content (AvgIpc) is 2.74. The Morgan fingerprint density at radius 1 is 1.60 bits per heavy atom. The van der Waals surface area contributed by atoms with E-state index in [0.29, 0.717) is 18.1 Å². The second-order valence-electron chi connectivity index (χ2n) is 3.26. The number of hydrogen-bond donors (Lipinski definition) is 1. The van der Waals surface area contributed by atoms with Crippen LogP contribution >= 0.6 is 11.3 Å². The monoisotopic (exact) mass is 243 g/mol. The molecule has 6 heteroatoms. The molecule has 2 N–H and O–H groups in total. The van der Waals surface area contributed by atoms with Crippen molar-refractivity contribution in [2.45, 2.75) is 12.2 Å².